The van der Waals surface area contributed by atoms with E-state index in [2.05, 4.69) is 60.4 Å². The summed E-state index contributed by atoms with van der Waals surface area (Å²) < 4.78 is 7.14. The van der Waals surface area contributed by atoms with Crippen molar-refractivity contribution in [3.8, 4) is 11.1 Å². The van der Waals surface area contributed by atoms with Crippen LogP contribution < -0.4 is 10.6 Å². The van der Waals surface area contributed by atoms with Gasteiger partial charge in [0.15, 0.2) is 8.32 Å². The number of rotatable bonds is 10. The molecule has 202 valence electrons. The summed E-state index contributed by atoms with van der Waals surface area (Å²) in [6, 6.07) is 21.2. The number of carbonyl (C=O) groups is 2. The van der Waals surface area contributed by atoms with E-state index in [0.29, 0.717) is 31.6 Å². The predicted octanol–water partition coefficient (Wildman–Crippen LogP) is 8.69. The fourth-order valence-corrected chi connectivity index (χ4v) is 5.21. The quantitative estimate of drug-likeness (QED) is 0.204. The highest BCUT2D eigenvalue weighted by Gasteiger charge is 2.37. The number of hydrogen-bond donors (Lipinski definition) is 3. The average molecular weight is 598 g/mol. The van der Waals surface area contributed by atoms with Crippen molar-refractivity contribution in [2.24, 2.45) is 0 Å². The van der Waals surface area contributed by atoms with Crippen LogP contribution in [0.15, 0.2) is 71.2 Å². The van der Waals surface area contributed by atoms with Crippen LogP contribution in [0.25, 0.3) is 11.1 Å². The van der Waals surface area contributed by atoms with Gasteiger partial charge in [0.05, 0.1) is 18.0 Å². The van der Waals surface area contributed by atoms with Gasteiger partial charge >= 0.3 is 6.09 Å². The van der Waals surface area contributed by atoms with Crippen molar-refractivity contribution in [1.82, 2.24) is 0 Å². The Morgan fingerprint density at radius 2 is 1.58 bits per heavy atom. The Kier molecular flexibility index (Phi) is 9.92. The Balaban J connectivity index is 1.57. The number of halogens is 1. The molecule has 0 aromatic heterocycles. The number of aryl methyl sites for hydroxylation is 1. The average Bonchev–Trinajstić information content (AvgIpc) is 2.84. The van der Waals surface area contributed by atoms with Crippen LogP contribution in [0, 0.1) is 0 Å². The van der Waals surface area contributed by atoms with Crippen molar-refractivity contribution < 1.29 is 19.1 Å². The van der Waals surface area contributed by atoms with Crippen molar-refractivity contribution in [3.63, 3.8) is 0 Å². The van der Waals surface area contributed by atoms with Crippen LogP contribution >= 0.6 is 15.9 Å². The lowest BCUT2D eigenvalue weighted by Gasteiger charge is -2.36. The van der Waals surface area contributed by atoms with Gasteiger partial charge in [-0.1, -0.05) is 63.2 Å². The molecule has 3 N–H and O–H groups in total. The van der Waals surface area contributed by atoms with Gasteiger partial charge in [-0.25, -0.2) is 4.79 Å². The van der Waals surface area contributed by atoms with E-state index < -0.39 is 14.4 Å². The second kappa shape index (κ2) is 12.7. The summed E-state index contributed by atoms with van der Waals surface area (Å²) in [6.07, 6.45) is 0.639. The van der Waals surface area contributed by atoms with Crippen molar-refractivity contribution in [2.75, 3.05) is 10.6 Å². The first-order valence-electron chi connectivity index (χ1n) is 12.8. The Hall–Kier alpha value is -2.94. The lowest BCUT2D eigenvalue weighted by atomic mass is 9.98. The number of nitrogens with one attached hydrogen (secondary N) is 2. The molecule has 0 unspecified atom stereocenters. The van der Waals surface area contributed by atoms with E-state index in [0.717, 1.165) is 32.4 Å². The van der Waals surface area contributed by atoms with Crippen molar-refractivity contribution in [1.29, 1.82) is 0 Å². The normalized spacial score (nSPS) is 11.7. The van der Waals surface area contributed by atoms with Gasteiger partial charge in [-0.3, -0.25) is 10.1 Å². The molecule has 0 aliphatic rings. The third kappa shape index (κ3) is 8.28. The zero-order valence-corrected chi connectivity index (χ0v) is 25.3. The third-order valence-corrected chi connectivity index (χ3v) is 12.1. The third-order valence-electron chi connectivity index (χ3n) is 6.99. The maximum atomic E-state index is 12.6. The minimum atomic E-state index is -1.84. The lowest BCUT2D eigenvalue weighted by molar-refractivity contribution is -0.116. The van der Waals surface area contributed by atoms with Crippen LogP contribution in [-0.4, -0.2) is 25.4 Å². The van der Waals surface area contributed by atoms with Crippen molar-refractivity contribution in [2.45, 2.75) is 64.8 Å². The maximum absolute atomic E-state index is 12.6. The first kappa shape index (κ1) is 29.6. The van der Waals surface area contributed by atoms with Crippen LogP contribution in [0.3, 0.4) is 0 Å². The standard InChI is InChI=1S/C30H37BrN2O4Si/c1-30(2,3)38(4,5)37-20-22-15-17-27(25(31)19-22)32-28(34)13-9-10-21-14-16-26(33-29(35)36)24(18-21)23-11-7-6-8-12-23/h6-8,11-12,14-19,33H,9-10,13,20H2,1-5H3,(H,32,34)(H,35,36). The van der Waals surface area contributed by atoms with Gasteiger partial charge in [0.25, 0.3) is 0 Å². The first-order chi connectivity index (χ1) is 17.9. The Bertz CT molecular complexity index is 1270. The van der Waals surface area contributed by atoms with E-state index in [-0.39, 0.29) is 10.9 Å². The molecule has 8 heteroatoms. The SMILES string of the molecule is CC(C)(C)[Si](C)(C)OCc1ccc(NC(=O)CCCc2ccc(NC(=O)O)c(-c3ccccc3)c2)c(Br)c1. The molecule has 0 radical (unpaired) electrons. The number of carbonyl (C=O) groups excluding carboxylic acids is 1. The zero-order chi connectivity index (χ0) is 27.9. The molecule has 0 saturated carbocycles. The number of amides is 2. The van der Waals surface area contributed by atoms with Crippen LogP contribution in [0.1, 0.15) is 44.7 Å². The summed E-state index contributed by atoms with van der Waals surface area (Å²) >= 11 is 3.59. The van der Waals surface area contributed by atoms with Crippen LogP contribution in [-0.2, 0) is 22.2 Å². The first-order valence-corrected chi connectivity index (χ1v) is 16.5. The minimum Gasteiger partial charge on any atom is -0.465 e. The van der Waals surface area contributed by atoms with E-state index in [9.17, 15) is 14.7 Å². The van der Waals surface area contributed by atoms with Crippen LogP contribution in [0.5, 0.6) is 0 Å². The van der Waals surface area contributed by atoms with E-state index in [1.165, 1.54) is 0 Å². The summed E-state index contributed by atoms with van der Waals surface area (Å²) in [5.41, 5.74) is 5.12. The maximum Gasteiger partial charge on any atom is 0.409 e. The molecule has 0 aliphatic heterocycles. The highest BCUT2D eigenvalue weighted by atomic mass is 79.9. The fraction of sp³-hybridized carbons (Fsp3) is 0.333. The van der Waals surface area contributed by atoms with Gasteiger partial charge in [-0.2, -0.15) is 0 Å². The van der Waals surface area contributed by atoms with Crippen LogP contribution in [0.4, 0.5) is 16.2 Å². The largest absolute Gasteiger partial charge is 0.465 e. The van der Waals surface area contributed by atoms with Gasteiger partial charge < -0.3 is 14.8 Å². The van der Waals surface area contributed by atoms with Gasteiger partial charge in [0.2, 0.25) is 5.91 Å². The van der Waals surface area contributed by atoms with Gasteiger partial charge in [-0.15, -0.1) is 0 Å². The highest BCUT2D eigenvalue weighted by molar-refractivity contribution is 9.10. The molecular formula is C30H37BrN2O4Si. The summed E-state index contributed by atoms with van der Waals surface area (Å²) in [5.74, 6) is -0.0524. The number of anilines is 2. The smallest absolute Gasteiger partial charge is 0.409 e. The molecule has 0 bridgehead atoms. The molecular weight excluding hydrogens is 560 g/mol. The highest BCUT2D eigenvalue weighted by Crippen LogP contribution is 2.37. The summed E-state index contributed by atoms with van der Waals surface area (Å²) in [4.78, 5) is 23.9. The molecule has 0 heterocycles. The number of benzene rings is 3. The van der Waals surface area contributed by atoms with Crippen LogP contribution in [0.2, 0.25) is 18.1 Å². The van der Waals surface area contributed by atoms with E-state index >= 15 is 0 Å². The van der Waals surface area contributed by atoms with E-state index in [4.69, 9.17) is 4.43 Å². The van der Waals surface area contributed by atoms with Crippen molar-refractivity contribution >= 4 is 47.6 Å². The molecule has 3 aromatic rings. The van der Waals surface area contributed by atoms with E-state index in [1.54, 1.807) is 6.07 Å². The summed E-state index contributed by atoms with van der Waals surface area (Å²) in [6.45, 7) is 11.7. The second-order valence-corrected chi connectivity index (χ2v) is 16.6. The molecule has 0 saturated heterocycles. The molecule has 3 rings (SSSR count). The molecule has 2 amide bonds. The lowest BCUT2D eigenvalue weighted by Crippen LogP contribution is -2.40. The molecule has 38 heavy (non-hydrogen) atoms. The predicted molar refractivity (Wildman–Crippen MR) is 161 cm³/mol. The molecule has 3 aromatic carbocycles. The number of carboxylic acid groups (broad SMARTS) is 1. The second-order valence-electron chi connectivity index (χ2n) is 10.9. The molecule has 0 atom stereocenters. The minimum absolute atomic E-state index is 0.0524. The monoisotopic (exact) mass is 596 g/mol. The number of hydrogen-bond acceptors (Lipinski definition) is 3. The summed E-state index contributed by atoms with van der Waals surface area (Å²) in [5, 5.41) is 14.8. The van der Waals surface area contributed by atoms with Gasteiger partial charge in [-0.05, 0) is 87.9 Å². The van der Waals surface area contributed by atoms with E-state index in [1.807, 2.05) is 60.7 Å². The topological polar surface area (TPSA) is 87.7 Å². The zero-order valence-electron chi connectivity index (χ0n) is 22.7. The Labute approximate surface area is 235 Å². The summed E-state index contributed by atoms with van der Waals surface area (Å²) in [7, 11) is -1.84. The molecule has 0 aliphatic carbocycles. The molecule has 6 nitrogen and oxygen atoms in total. The van der Waals surface area contributed by atoms with Crippen molar-refractivity contribution in [3.05, 3.63) is 82.3 Å². The fourth-order valence-electron chi connectivity index (χ4n) is 3.72. The molecule has 0 fully saturated rings. The van der Waals surface area contributed by atoms with Gasteiger partial charge in [0, 0.05) is 16.5 Å². The Morgan fingerprint density at radius 1 is 0.921 bits per heavy atom. The Morgan fingerprint density at radius 3 is 2.21 bits per heavy atom. The van der Waals surface area contributed by atoms with Gasteiger partial charge in [0.1, 0.15) is 0 Å². The molecule has 0 spiro atoms.